The molecule has 0 spiro atoms. The molecule has 2 N–H and O–H groups in total. The van der Waals surface area contributed by atoms with Gasteiger partial charge in [-0.25, -0.2) is 0 Å². The minimum absolute atomic E-state index is 0.0116. The van der Waals surface area contributed by atoms with Gasteiger partial charge in [-0.05, 0) is 12.1 Å². The summed E-state index contributed by atoms with van der Waals surface area (Å²) in [4.78, 5) is 25.1. The first-order valence-corrected chi connectivity index (χ1v) is 6.51. The number of carbonyl (C=O) groups excluding carboxylic acids is 2. The van der Waals surface area contributed by atoms with E-state index in [2.05, 4.69) is 5.32 Å². The Hall–Kier alpha value is -1.88. The van der Waals surface area contributed by atoms with E-state index in [1.165, 1.54) is 11.8 Å². The van der Waals surface area contributed by atoms with Crippen LogP contribution in [0.25, 0.3) is 0 Å². The number of hydrogen-bond donors (Lipinski definition) is 2. The zero-order chi connectivity index (χ0) is 15.3. The number of nitrogens with one attached hydrogen (secondary N) is 1. The zero-order valence-electron chi connectivity index (χ0n) is 12.4. The predicted molar refractivity (Wildman–Crippen MR) is 78.7 cm³/mol. The van der Waals surface area contributed by atoms with Crippen molar-refractivity contribution in [1.29, 1.82) is 0 Å². The second-order valence-corrected chi connectivity index (χ2v) is 5.60. The maximum absolute atomic E-state index is 12.2. The zero-order valence-corrected chi connectivity index (χ0v) is 12.4. The minimum atomic E-state index is -0.378. The van der Waals surface area contributed by atoms with Crippen LogP contribution in [0, 0.1) is 5.41 Å². The van der Waals surface area contributed by atoms with Gasteiger partial charge in [-0.15, -0.1) is 0 Å². The van der Waals surface area contributed by atoms with E-state index in [0.717, 1.165) is 0 Å². The number of benzene rings is 1. The van der Waals surface area contributed by atoms with E-state index >= 15 is 0 Å². The van der Waals surface area contributed by atoms with Gasteiger partial charge < -0.3 is 15.3 Å². The molecule has 5 nitrogen and oxygen atoms in total. The van der Waals surface area contributed by atoms with Crippen LogP contribution in [0.5, 0.6) is 0 Å². The van der Waals surface area contributed by atoms with Gasteiger partial charge in [0, 0.05) is 32.5 Å². The van der Waals surface area contributed by atoms with Crippen LogP contribution in [0.4, 0.5) is 5.69 Å². The van der Waals surface area contributed by atoms with E-state index in [1.54, 1.807) is 31.3 Å². The van der Waals surface area contributed by atoms with Crippen LogP contribution in [0.3, 0.4) is 0 Å². The van der Waals surface area contributed by atoms with Crippen molar-refractivity contribution in [2.24, 2.45) is 5.41 Å². The van der Waals surface area contributed by atoms with Gasteiger partial charge in [0.05, 0.1) is 11.3 Å². The maximum Gasteiger partial charge on any atom is 0.253 e. The summed E-state index contributed by atoms with van der Waals surface area (Å²) in [5.74, 6) is -0.392. The van der Waals surface area contributed by atoms with E-state index in [1.807, 2.05) is 13.8 Å². The number of rotatable bonds is 5. The fourth-order valence-corrected chi connectivity index (χ4v) is 1.60. The molecule has 0 saturated carbocycles. The third-order valence-electron chi connectivity index (χ3n) is 3.14. The summed E-state index contributed by atoms with van der Waals surface area (Å²) in [7, 11) is 1.63. The molecule has 0 bridgehead atoms. The van der Waals surface area contributed by atoms with E-state index in [9.17, 15) is 14.7 Å². The van der Waals surface area contributed by atoms with Crippen molar-refractivity contribution in [3.8, 4) is 0 Å². The number of nitrogens with zero attached hydrogens (tertiary/aromatic N) is 1. The van der Waals surface area contributed by atoms with Gasteiger partial charge >= 0.3 is 0 Å². The van der Waals surface area contributed by atoms with Crippen LogP contribution in [-0.2, 0) is 4.79 Å². The van der Waals surface area contributed by atoms with Gasteiger partial charge in [-0.1, -0.05) is 26.0 Å². The Labute approximate surface area is 119 Å². The van der Waals surface area contributed by atoms with Crippen molar-refractivity contribution in [3.05, 3.63) is 29.8 Å². The van der Waals surface area contributed by atoms with Gasteiger partial charge in [0.15, 0.2) is 0 Å². The Bertz CT molecular complexity index is 498. The van der Waals surface area contributed by atoms with Crippen LogP contribution in [0.15, 0.2) is 24.3 Å². The van der Waals surface area contributed by atoms with Gasteiger partial charge in [0.25, 0.3) is 5.91 Å². The minimum Gasteiger partial charge on any atom is -0.396 e. The van der Waals surface area contributed by atoms with Crippen LogP contribution in [0.1, 0.15) is 31.1 Å². The lowest BCUT2D eigenvalue weighted by Crippen LogP contribution is -2.37. The fraction of sp³-hybridized carbons (Fsp3) is 0.467. The molecular formula is C15H22N2O3. The van der Waals surface area contributed by atoms with Crippen LogP contribution in [0.2, 0.25) is 0 Å². The SMILES string of the molecule is CC(=O)N(C)c1ccccc1C(=O)NCC(C)(C)CO. The summed E-state index contributed by atoms with van der Waals surface area (Å²) in [5, 5.41) is 12.0. The Morgan fingerprint density at radius 2 is 1.90 bits per heavy atom. The molecule has 5 heteroatoms. The van der Waals surface area contributed by atoms with Crippen molar-refractivity contribution < 1.29 is 14.7 Å². The molecule has 2 amide bonds. The summed E-state index contributed by atoms with van der Waals surface area (Å²) in [6.45, 7) is 5.52. The predicted octanol–water partition coefficient (Wildman–Crippen LogP) is 1.42. The maximum atomic E-state index is 12.2. The summed E-state index contributed by atoms with van der Waals surface area (Å²) < 4.78 is 0. The number of hydrogen-bond acceptors (Lipinski definition) is 3. The first-order valence-electron chi connectivity index (χ1n) is 6.51. The van der Waals surface area contributed by atoms with E-state index in [0.29, 0.717) is 17.8 Å². The monoisotopic (exact) mass is 278 g/mol. The highest BCUT2D eigenvalue weighted by Crippen LogP contribution is 2.20. The first kappa shape index (κ1) is 16.2. The van der Waals surface area contributed by atoms with E-state index in [4.69, 9.17) is 0 Å². The van der Waals surface area contributed by atoms with E-state index in [-0.39, 0.29) is 23.8 Å². The highest BCUT2D eigenvalue weighted by Gasteiger charge is 2.20. The van der Waals surface area contributed by atoms with Crippen LogP contribution < -0.4 is 10.2 Å². The van der Waals surface area contributed by atoms with Gasteiger partial charge in [-0.3, -0.25) is 9.59 Å². The smallest absolute Gasteiger partial charge is 0.253 e. The quantitative estimate of drug-likeness (QED) is 0.855. The third kappa shape index (κ3) is 4.06. The molecule has 20 heavy (non-hydrogen) atoms. The molecule has 1 aromatic carbocycles. The molecule has 0 aliphatic carbocycles. The Morgan fingerprint density at radius 3 is 2.45 bits per heavy atom. The lowest BCUT2D eigenvalue weighted by atomic mass is 9.95. The lowest BCUT2D eigenvalue weighted by molar-refractivity contribution is -0.116. The Morgan fingerprint density at radius 1 is 1.30 bits per heavy atom. The Kier molecular flexibility index (Phi) is 5.27. The van der Waals surface area contributed by atoms with Gasteiger partial charge in [-0.2, -0.15) is 0 Å². The molecule has 1 aromatic rings. The fourth-order valence-electron chi connectivity index (χ4n) is 1.60. The standard InChI is InChI=1S/C15H22N2O3/c1-11(19)17(4)13-8-6-5-7-12(13)14(20)16-9-15(2,3)10-18/h5-8,18H,9-10H2,1-4H3,(H,16,20). The van der Waals surface area contributed by atoms with Gasteiger partial charge in [0.2, 0.25) is 5.91 Å². The number of amides is 2. The van der Waals surface area contributed by atoms with Crippen molar-refractivity contribution in [3.63, 3.8) is 0 Å². The van der Waals surface area contributed by atoms with Gasteiger partial charge in [0.1, 0.15) is 0 Å². The largest absolute Gasteiger partial charge is 0.396 e. The van der Waals surface area contributed by atoms with Crippen LogP contribution >= 0.6 is 0 Å². The molecule has 0 unspecified atom stereocenters. The molecule has 0 saturated heterocycles. The number of para-hydroxylation sites is 1. The molecule has 0 heterocycles. The van der Waals surface area contributed by atoms with Crippen molar-refractivity contribution >= 4 is 17.5 Å². The number of aliphatic hydroxyl groups is 1. The molecular weight excluding hydrogens is 256 g/mol. The molecule has 0 radical (unpaired) electrons. The second-order valence-electron chi connectivity index (χ2n) is 5.60. The average Bonchev–Trinajstić information content (AvgIpc) is 2.44. The molecule has 0 aliphatic rings. The lowest BCUT2D eigenvalue weighted by Gasteiger charge is -2.23. The van der Waals surface area contributed by atoms with Crippen molar-refractivity contribution in [2.75, 3.05) is 25.1 Å². The number of aliphatic hydroxyl groups excluding tert-OH is 1. The summed E-state index contributed by atoms with van der Waals surface area (Å²) in [5.41, 5.74) is 0.634. The van der Waals surface area contributed by atoms with Crippen molar-refractivity contribution in [1.82, 2.24) is 5.32 Å². The number of carbonyl (C=O) groups is 2. The van der Waals surface area contributed by atoms with E-state index < -0.39 is 0 Å². The average molecular weight is 278 g/mol. The number of anilines is 1. The van der Waals surface area contributed by atoms with Crippen molar-refractivity contribution in [2.45, 2.75) is 20.8 Å². The summed E-state index contributed by atoms with van der Waals surface area (Å²) >= 11 is 0. The normalized spacial score (nSPS) is 11.1. The van der Waals surface area contributed by atoms with Crippen LogP contribution in [-0.4, -0.2) is 37.1 Å². The third-order valence-corrected chi connectivity index (χ3v) is 3.14. The molecule has 0 aromatic heterocycles. The summed E-state index contributed by atoms with van der Waals surface area (Å²) in [6.07, 6.45) is 0. The molecule has 110 valence electrons. The second kappa shape index (κ2) is 6.52. The summed E-state index contributed by atoms with van der Waals surface area (Å²) in [6, 6.07) is 6.94. The highest BCUT2D eigenvalue weighted by molar-refractivity contribution is 6.04. The first-order chi connectivity index (χ1) is 9.28. The molecule has 0 atom stereocenters. The highest BCUT2D eigenvalue weighted by atomic mass is 16.3. The molecule has 1 rings (SSSR count). The molecule has 0 fully saturated rings. The Balaban J connectivity index is 2.91. The topological polar surface area (TPSA) is 69.6 Å². The molecule has 0 aliphatic heterocycles.